The van der Waals surface area contributed by atoms with Gasteiger partial charge in [0.2, 0.25) is 0 Å². The second-order valence-electron chi connectivity index (χ2n) is 12.1. The second kappa shape index (κ2) is 19.2. The summed E-state index contributed by atoms with van der Waals surface area (Å²) < 4.78 is 6.33. The van der Waals surface area contributed by atoms with E-state index >= 15 is 0 Å². The van der Waals surface area contributed by atoms with E-state index in [0.717, 1.165) is 87.0 Å². The van der Waals surface area contributed by atoms with Gasteiger partial charge in [-0.2, -0.15) is 20.5 Å². The standard InChI is InChI=1S/C37H48N6O2/c1-5-8-12-30(11-6-2)27-45-37-41-35-23-29(14-16-32-25-40-21-19-31(32)24-39)15-17-34(35)36(42-37)43(26-28(4)18-20-38)22-10-9-13-33(44)7-3/h6-7,14,16,19,21,25,28-30H,2-3,5,8-13,15,17-18,22-23,26-27H2,1,4H3/b16-14+/t28-,29?,30-/m0/s1. The Morgan fingerprint density at radius 1 is 1.24 bits per heavy atom. The van der Waals surface area contributed by atoms with Crippen molar-refractivity contribution in [2.45, 2.75) is 84.5 Å². The van der Waals surface area contributed by atoms with Gasteiger partial charge >= 0.3 is 6.01 Å². The lowest BCUT2D eigenvalue weighted by Gasteiger charge is -2.32. The molecular formula is C37H48N6O2. The number of anilines is 1. The number of nitrogens with zero attached hydrogens (tertiary/aromatic N) is 6. The Balaban J connectivity index is 1.94. The highest BCUT2D eigenvalue weighted by Gasteiger charge is 2.27. The molecular weight excluding hydrogens is 560 g/mol. The van der Waals surface area contributed by atoms with E-state index in [0.29, 0.717) is 43.5 Å². The number of pyridine rings is 1. The van der Waals surface area contributed by atoms with Gasteiger partial charge in [0, 0.05) is 49.5 Å². The van der Waals surface area contributed by atoms with Gasteiger partial charge in [0.05, 0.1) is 30.0 Å². The molecule has 0 N–H and O–H groups in total. The zero-order valence-electron chi connectivity index (χ0n) is 27.1. The third-order valence-electron chi connectivity index (χ3n) is 8.31. The monoisotopic (exact) mass is 608 g/mol. The van der Waals surface area contributed by atoms with Crippen molar-refractivity contribution in [3.63, 3.8) is 0 Å². The number of carbonyl (C=O) groups is 1. The number of rotatable bonds is 20. The third-order valence-corrected chi connectivity index (χ3v) is 8.31. The Hall–Kier alpha value is -4.30. The first-order valence-electron chi connectivity index (χ1n) is 16.3. The van der Waals surface area contributed by atoms with Crippen LogP contribution in [-0.2, 0) is 17.6 Å². The molecule has 45 heavy (non-hydrogen) atoms. The van der Waals surface area contributed by atoms with Gasteiger partial charge < -0.3 is 9.64 Å². The van der Waals surface area contributed by atoms with Crippen molar-refractivity contribution in [2.75, 3.05) is 24.6 Å². The Kier molecular flexibility index (Phi) is 15.0. The molecule has 1 aliphatic rings. The molecule has 0 bridgehead atoms. The van der Waals surface area contributed by atoms with Crippen LogP contribution in [0.3, 0.4) is 0 Å². The Bertz CT molecular complexity index is 1390. The normalized spacial score (nSPS) is 15.3. The Labute approximate surface area is 269 Å². The lowest BCUT2D eigenvalue weighted by Crippen LogP contribution is -2.33. The minimum absolute atomic E-state index is 0.0546. The molecule has 8 nitrogen and oxygen atoms in total. The number of allylic oxidation sites excluding steroid dienone is 3. The summed E-state index contributed by atoms with van der Waals surface area (Å²) in [4.78, 5) is 28.3. The van der Waals surface area contributed by atoms with Crippen LogP contribution >= 0.6 is 0 Å². The van der Waals surface area contributed by atoms with Crippen molar-refractivity contribution in [2.24, 2.45) is 17.8 Å². The molecule has 0 saturated heterocycles. The van der Waals surface area contributed by atoms with Gasteiger partial charge in [-0.25, -0.2) is 0 Å². The van der Waals surface area contributed by atoms with Gasteiger partial charge in [0.15, 0.2) is 5.78 Å². The maximum absolute atomic E-state index is 11.8. The van der Waals surface area contributed by atoms with Gasteiger partial charge in [-0.1, -0.05) is 51.5 Å². The van der Waals surface area contributed by atoms with Crippen molar-refractivity contribution < 1.29 is 9.53 Å². The van der Waals surface area contributed by atoms with Crippen LogP contribution in [0.1, 0.15) is 94.0 Å². The summed E-state index contributed by atoms with van der Waals surface area (Å²) in [6, 6.07) is 6.67. The molecule has 1 unspecified atom stereocenters. The molecule has 0 aromatic carbocycles. The highest BCUT2D eigenvalue weighted by atomic mass is 16.5. The number of carbonyl (C=O) groups excluding carboxylic acids is 1. The highest BCUT2D eigenvalue weighted by molar-refractivity contribution is 5.88. The summed E-state index contributed by atoms with van der Waals surface area (Å²) in [6.45, 7) is 13.7. The fourth-order valence-corrected chi connectivity index (χ4v) is 5.75. The molecule has 0 saturated carbocycles. The van der Waals surface area contributed by atoms with Crippen molar-refractivity contribution in [1.29, 1.82) is 10.5 Å². The number of unbranched alkanes of at least 4 members (excludes halogenated alkanes) is 2. The van der Waals surface area contributed by atoms with Crippen molar-refractivity contribution in [3.8, 4) is 18.1 Å². The summed E-state index contributed by atoms with van der Waals surface area (Å²) in [5.41, 5.74) is 3.53. The summed E-state index contributed by atoms with van der Waals surface area (Å²) in [7, 11) is 0. The summed E-state index contributed by atoms with van der Waals surface area (Å²) in [6.07, 6.45) is 20.0. The van der Waals surface area contributed by atoms with E-state index in [-0.39, 0.29) is 17.6 Å². The van der Waals surface area contributed by atoms with E-state index in [1.165, 1.54) is 6.08 Å². The van der Waals surface area contributed by atoms with Crippen LogP contribution in [0.2, 0.25) is 0 Å². The molecule has 3 rings (SSSR count). The maximum atomic E-state index is 11.8. The van der Waals surface area contributed by atoms with Gasteiger partial charge in [-0.3, -0.25) is 9.78 Å². The van der Waals surface area contributed by atoms with Crippen molar-refractivity contribution >= 4 is 17.7 Å². The van der Waals surface area contributed by atoms with Gasteiger partial charge in [-0.15, -0.1) is 6.58 Å². The van der Waals surface area contributed by atoms with Gasteiger partial charge in [-0.05, 0) is 74.8 Å². The lowest BCUT2D eigenvalue weighted by molar-refractivity contribution is -0.114. The molecule has 0 amide bonds. The lowest BCUT2D eigenvalue weighted by atomic mass is 9.86. The molecule has 0 radical (unpaired) electrons. The summed E-state index contributed by atoms with van der Waals surface area (Å²) in [5, 5.41) is 18.9. The zero-order chi connectivity index (χ0) is 32.4. The predicted molar refractivity (Wildman–Crippen MR) is 180 cm³/mol. The molecule has 3 atom stereocenters. The van der Waals surface area contributed by atoms with E-state index in [1.807, 2.05) is 12.2 Å². The van der Waals surface area contributed by atoms with Crippen molar-refractivity contribution in [1.82, 2.24) is 15.0 Å². The first-order chi connectivity index (χ1) is 21.9. The molecule has 2 aromatic heterocycles. The van der Waals surface area contributed by atoms with Gasteiger partial charge in [0.25, 0.3) is 0 Å². The minimum Gasteiger partial charge on any atom is -0.463 e. The molecule has 0 aliphatic heterocycles. The first kappa shape index (κ1) is 35.2. The van der Waals surface area contributed by atoms with E-state index in [2.05, 4.69) is 55.1 Å². The Morgan fingerprint density at radius 2 is 2.09 bits per heavy atom. The Morgan fingerprint density at radius 3 is 2.82 bits per heavy atom. The van der Waals surface area contributed by atoms with E-state index in [1.54, 1.807) is 18.5 Å². The number of ether oxygens (including phenoxy) is 1. The maximum Gasteiger partial charge on any atom is 0.318 e. The van der Waals surface area contributed by atoms with E-state index in [9.17, 15) is 15.3 Å². The first-order valence-corrected chi connectivity index (χ1v) is 16.3. The van der Waals surface area contributed by atoms with E-state index in [4.69, 9.17) is 14.7 Å². The average molecular weight is 609 g/mol. The molecule has 2 aromatic rings. The van der Waals surface area contributed by atoms with Crippen LogP contribution in [0.4, 0.5) is 5.82 Å². The second-order valence-corrected chi connectivity index (χ2v) is 12.1. The smallest absolute Gasteiger partial charge is 0.318 e. The largest absolute Gasteiger partial charge is 0.463 e. The van der Waals surface area contributed by atoms with Crippen LogP contribution in [0, 0.1) is 40.4 Å². The SMILES string of the molecule is C=CC[C@@H](CCCC)COc1nc2c(c(N(CCCCC(=O)C=C)C[C@@H](C)CC#N)n1)CCC(/C=C/c1cnccc1C#N)C2. The van der Waals surface area contributed by atoms with Crippen LogP contribution in [0.5, 0.6) is 6.01 Å². The highest BCUT2D eigenvalue weighted by Crippen LogP contribution is 2.34. The summed E-state index contributed by atoms with van der Waals surface area (Å²) >= 11 is 0. The number of fused-ring (bicyclic) bond motifs is 1. The number of nitriles is 2. The number of aromatic nitrogens is 3. The topological polar surface area (TPSA) is 116 Å². The predicted octanol–water partition coefficient (Wildman–Crippen LogP) is 7.60. The molecule has 0 fully saturated rings. The van der Waals surface area contributed by atoms with Crippen molar-refractivity contribution in [3.05, 3.63) is 72.2 Å². The summed E-state index contributed by atoms with van der Waals surface area (Å²) in [5.74, 6) is 1.68. The minimum atomic E-state index is 0.0546. The molecule has 0 spiro atoms. The molecule has 2 heterocycles. The molecule has 238 valence electrons. The quantitative estimate of drug-likeness (QED) is 0.0857. The van der Waals surface area contributed by atoms with Crippen LogP contribution in [0.25, 0.3) is 6.08 Å². The van der Waals surface area contributed by atoms with Gasteiger partial charge in [0.1, 0.15) is 5.82 Å². The van der Waals surface area contributed by atoms with Crippen LogP contribution in [0.15, 0.2) is 49.8 Å². The van der Waals surface area contributed by atoms with Crippen LogP contribution in [-0.4, -0.2) is 40.4 Å². The fraction of sp³-hybridized carbons (Fsp3) is 0.514. The van der Waals surface area contributed by atoms with Crippen LogP contribution < -0.4 is 9.64 Å². The fourth-order valence-electron chi connectivity index (χ4n) is 5.75. The zero-order valence-corrected chi connectivity index (χ0v) is 27.1. The third kappa shape index (κ3) is 11.3. The number of hydrogen-bond acceptors (Lipinski definition) is 8. The van der Waals surface area contributed by atoms with E-state index < -0.39 is 0 Å². The molecule has 8 heteroatoms. The average Bonchev–Trinajstić information content (AvgIpc) is 3.05. The number of ketones is 1. The molecule has 1 aliphatic carbocycles. The number of hydrogen-bond donors (Lipinski definition) is 0.